The monoisotopic (exact) mass is 168 g/mol. The molecule has 1 N–H and O–H groups in total. The summed E-state index contributed by atoms with van der Waals surface area (Å²) in [5.41, 5.74) is 1.77. The van der Waals surface area contributed by atoms with Gasteiger partial charge in [-0.1, -0.05) is 0 Å². The average molecular weight is 168 g/mol. The van der Waals surface area contributed by atoms with Gasteiger partial charge >= 0.3 is 5.97 Å². The van der Waals surface area contributed by atoms with Crippen molar-refractivity contribution in [1.82, 2.24) is 0 Å². The van der Waals surface area contributed by atoms with E-state index in [-0.39, 0.29) is 0 Å². The second kappa shape index (κ2) is 3.34. The van der Waals surface area contributed by atoms with E-state index in [2.05, 4.69) is 0 Å². The zero-order valence-electron chi connectivity index (χ0n) is 6.07. The Morgan fingerprint density at radius 2 is 2.45 bits per heavy atom. The van der Waals surface area contributed by atoms with E-state index in [1.165, 1.54) is 6.08 Å². The van der Waals surface area contributed by atoms with E-state index in [9.17, 15) is 4.79 Å². The number of rotatable bonds is 2. The number of aliphatic carboxylic acids is 1. The molecule has 1 aromatic rings. The summed E-state index contributed by atoms with van der Waals surface area (Å²) in [6, 6.07) is 1.90. The Kier molecular flexibility index (Phi) is 2.44. The number of carbonyl (C=O) groups is 1. The Labute approximate surface area is 68.8 Å². The van der Waals surface area contributed by atoms with Crippen molar-refractivity contribution in [2.75, 3.05) is 0 Å². The third-order valence-corrected chi connectivity index (χ3v) is 2.00. The Bertz CT molecular complexity index is 272. The van der Waals surface area contributed by atoms with Crippen molar-refractivity contribution in [1.29, 1.82) is 0 Å². The molecule has 1 aromatic heterocycles. The number of hydrogen-bond donors (Lipinski definition) is 1. The van der Waals surface area contributed by atoms with Crippen molar-refractivity contribution in [3.63, 3.8) is 0 Å². The molecular weight excluding hydrogens is 160 g/mol. The first kappa shape index (κ1) is 8.01. The van der Waals surface area contributed by atoms with Crippen molar-refractivity contribution in [2.24, 2.45) is 0 Å². The molecule has 2 nitrogen and oxygen atoms in total. The molecule has 0 atom stereocenters. The van der Waals surface area contributed by atoms with Gasteiger partial charge in [-0.05, 0) is 34.9 Å². The standard InChI is InChI=1S/C8H8O2S/c1-6(4-8(9)10)7-2-3-11-5-7/h2-5H,1H3,(H,9,10)/b6-4+. The number of allylic oxidation sites excluding steroid dienone is 1. The molecule has 1 heterocycles. The van der Waals surface area contributed by atoms with Crippen molar-refractivity contribution < 1.29 is 9.90 Å². The predicted octanol–water partition coefficient (Wildman–Crippen LogP) is 2.24. The molecule has 11 heavy (non-hydrogen) atoms. The summed E-state index contributed by atoms with van der Waals surface area (Å²) in [7, 11) is 0. The van der Waals surface area contributed by atoms with Gasteiger partial charge in [0.15, 0.2) is 0 Å². The largest absolute Gasteiger partial charge is 0.478 e. The molecule has 0 aliphatic heterocycles. The zero-order chi connectivity index (χ0) is 8.27. The van der Waals surface area contributed by atoms with Crippen LogP contribution in [0.4, 0.5) is 0 Å². The second-order valence-electron chi connectivity index (χ2n) is 2.18. The number of thiophene rings is 1. The molecule has 0 unspecified atom stereocenters. The van der Waals surface area contributed by atoms with Crippen molar-refractivity contribution in [3.8, 4) is 0 Å². The van der Waals surface area contributed by atoms with E-state index < -0.39 is 5.97 Å². The summed E-state index contributed by atoms with van der Waals surface area (Å²) in [5.74, 6) is -0.895. The van der Waals surface area contributed by atoms with Gasteiger partial charge in [0.2, 0.25) is 0 Å². The molecule has 0 aliphatic rings. The molecule has 0 aliphatic carbocycles. The van der Waals surface area contributed by atoms with E-state index in [4.69, 9.17) is 5.11 Å². The van der Waals surface area contributed by atoms with Gasteiger partial charge in [0.25, 0.3) is 0 Å². The number of hydrogen-bond acceptors (Lipinski definition) is 2. The first-order chi connectivity index (χ1) is 5.20. The van der Waals surface area contributed by atoms with Gasteiger partial charge in [-0.2, -0.15) is 11.3 Å². The smallest absolute Gasteiger partial charge is 0.328 e. The van der Waals surface area contributed by atoms with Gasteiger partial charge in [-0.25, -0.2) is 4.79 Å². The molecule has 3 heteroatoms. The number of carboxylic acid groups (broad SMARTS) is 1. The first-order valence-corrected chi connectivity index (χ1v) is 4.08. The highest BCUT2D eigenvalue weighted by Gasteiger charge is 1.97. The van der Waals surface area contributed by atoms with E-state index in [1.54, 1.807) is 18.3 Å². The Morgan fingerprint density at radius 3 is 2.91 bits per heavy atom. The lowest BCUT2D eigenvalue weighted by Crippen LogP contribution is -1.88. The van der Waals surface area contributed by atoms with Crippen molar-refractivity contribution in [2.45, 2.75) is 6.92 Å². The summed E-state index contributed by atoms with van der Waals surface area (Å²) in [6.45, 7) is 1.79. The second-order valence-corrected chi connectivity index (χ2v) is 2.96. The fourth-order valence-corrected chi connectivity index (χ4v) is 1.47. The average Bonchev–Trinajstić information content (AvgIpc) is 2.35. The third-order valence-electron chi connectivity index (χ3n) is 1.32. The molecule has 0 bridgehead atoms. The normalized spacial score (nSPS) is 11.5. The lowest BCUT2D eigenvalue weighted by Gasteiger charge is -1.92. The molecule has 0 saturated carbocycles. The summed E-state index contributed by atoms with van der Waals surface area (Å²) in [6.07, 6.45) is 1.21. The lowest BCUT2D eigenvalue weighted by atomic mass is 10.1. The zero-order valence-corrected chi connectivity index (χ0v) is 6.89. The Morgan fingerprint density at radius 1 is 1.73 bits per heavy atom. The van der Waals surface area contributed by atoms with Crippen LogP contribution in [0.2, 0.25) is 0 Å². The highest BCUT2D eigenvalue weighted by molar-refractivity contribution is 7.08. The van der Waals surface area contributed by atoms with Gasteiger partial charge in [-0.15, -0.1) is 0 Å². The Balaban J connectivity index is 2.86. The van der Waals surface area contributed by atoms with Crippen LogP contribution in [-0.4, -0.2) is 11.1 Å². The molecule has 0 amide bonds. The Hall–Kier alpha value is -1.09. The van der Waals surface area contributed by atoms with Crippen LogP contribution in [0.1, 0.15) is 12.5 Å². The van der Waals surface area contributed by atoms with E-state index in [1.807, 2.05) is 16.8 Å². The molecule has 0 saturated heterocycles. The summed E-state index contributed by atoms with van der Waals surface area (Å²) < 4.78 is 0. The van der Waals surface area contributed by atoms with Gasteiger partial charge in [0.1, 0.15) is 0 Å². The van der Waals surface area contributed by atoms with Gasteiger partial charge < -0.3 is 5.11 Å². The highest BCUT2D eigenvalue weighted by Crippen LogP contribution is 2.16. The van der Waals surface area contributed by atoms with Crippen LogP contribution in [0.25, 0.3) is 5.57 Å². The molecule has 0 fully saturated rings. The van der Waals surface area contributed by atoms with Crippen LogP contribution in [0.3, 0.4) is 0 Å². The van der Waals surface area contributed by atoms with Gasteiger partial charge in [0.05, 0.1) is 0 Å². The van der Waals surface area contributed by atoms with Crippen LogP contribution in [0.5, 0.6) is 0 Å². The quantitative estimate of drug-likeness (QED) is 0.687. The maximum atomic E-state index is 10.2. The van der Waals surface area contributed by atoms with Crippen LogP contribution in [-0.2, 0) is 4.79 Å². The molecular formula is C8H8O2S. The summed E-state index contributed by atoms with van der Waals surface area (Å²) >= 11 is 1.56. The minimum absolute atomic E-state index is 0.791. The van der Waals surface area contributed by atoms with Gasteiger partial charge in [-0.3, -0.25) is 0 Å². The molecule has 0 spiro atoms. The molecule has 1 rings (SSSR count). The lowest BCUT2D eigenvalue weighted by molar-refractivity contribution is -0.131. The number of carboxylic acids is 1. The fraction of sp³-hybridized carbons (Fsp3) is 0.125. The van der Waals surface area contributed by atoms with Crippen LogP contribution >= 0.6 is 11.3 Å². The van der Waals surface area contributed by atoms with Crippen LogP contribution in [0.15, 0.2) is 22.9 Å². The van der Waals surface area contributed by atoms with E-state index in [0.717, 1.165) is 11.1 Å². The van der Waals surface area contributed by atoms with E-state index >= 15 is 0 Å². The fourth-order valence-electron chi connectivity index (χ4n) is 0.757. The maximum absolute atomic E-state index is 10.2. The van der Waals surface area contributed by atoms with Crippen molar-refractivity contribution in [3.05, 3.63) is 28.5 Å². The third kappa shape index (κ3) is 2.20. The minimum Gasteiger partial charge on any atom is -0.478 e. The van der Waals surface area contributed by atoms with E-state index in [0.29, 0.717) is 0 Å². The van der Waals surface area contributed by atoms with Crippen molar-refractivity contribution >= 4 is 22.9 Å². The van der Waals surface area contributed by atoms with Crippen LogP contribution < -0.4 is 0 Å². The highest BCUT2D eigenvalue weighted by atomic mass is 32.1. The predicted molar refractivity (Wildman–Crippen MR) is 45.6 cm³/mol. The minimum atomic E-state index is -0.895. The van der Waals surface area contributed by atoms with Gasteiger partial charge in [0, 0.05) is 6.08 Å². The molecule has 0 aromatic carbocycles. The van der Waals surface area contributed by atoms with Crippen LogP contribution in [0, 0.1) is 0 Å². The summed E-state index contributed by atoms with van der Waals surface area (Å²) in [5, 5.41) is 12.3. The molecule has 0 radical (unpaired) electrons. The summed E-state index contributed by atoms with van der Waals surface area (Å²) in [4.78, 5) is 10.2. The topological polar surface area (TPSA) is 37.3 Å². The SMILES string of the molecule is C/C(=C\C(=O)O)c1ccsc1. The maximum Gasteiger partial charge on any atom is 0.328 e. The first-order valence-electron chi connectivity index (χ1n) is 3.14. The molecule has 58 valence electrons.